The molecule has 0 heterocycles. The van der Waals surface area contributed by atoms with E-state index in [0.29, 0.717) is 18.8 Å². The molecule has 0 atom stereocenters. The van der Waals surface area contributed by atoms with E-state index in [1.165, 1.54) is 6.07 Å². The van der Waals surface area contributed by atoms with Crippen molar-refractivity contribution >= 4 is 5.69 Å². The van der Waals surface area contributed by atoms with Crippen LogP contribution in [-0.4, -0.2) is 17.1 Å². The summed E-state index contributed by atoms with van der Waals surface area (Å²) >= 11 is 0. The first kappa shape index (κ1) is 14.0. The van der Waals surface area contributed by atoms with Crippen LogP contribution in [0.25, 0.3) is 0 Å². The molecule has 0 saturated heterocycles. The van der Waals surface area contributed by atoms with Crippen LogP contribution in [0.3, 0.4) is 0 Å². The summed E-state index contributed by atoms with van der Waals surface area (Å²) in [5.41, 5.74) is 7.68. The largest absolute Gasteiger partial charge is 0.375 e. The third-order valence-corrected chi connectivity index (χ3v) is 3.86. The standard InChI is InChI=1S/C14H20N2O3/c1-11-12(5-4-6-13(11)16(17)18)9-19-10-14(15)7-2-3-8-14/h4-6H,2-3,7-10,15H2,1H3. The molecule has 0 unspecified atom stereocenters. The molecule has 0 amide bonds. The highest BCUT2D eigenvalue weighted by Gasteiger charge is 2.29. The zero-order valence-electron chi connectivity index (χ0n) is 11.2. The lowest BCUT2D eigenvalue weighted by Crippen LogP contribution is -2.41. The Bertz CT molecular complexity index is 468. The van der Waals surface area contributed by atoms with Crippen LogP contribution in [0.5, 0.6) is 0 Å². The van der Waals surface area contributed by atoms with E-state index >= 15 is 0 Å². The highest BCUT2D eigenvalue weighted by Crippen LogP contribution is 2.28. The highest BCUT2D eigenvalue weighted by molar-refractivity contribution is 5.44. The van der Waals surface area contributed by atoms with E-state index in [4.69, 9.17) is 10.5 Å². The molecule has 0 spiro atoms. The minimum Gasteiger partial charge on any atom is -0.375 e. The van der Waals surface area contributed by atoms with Crippen LogP contribution in [0.2, 0.25) is 0 Å². The molecule has 1 aromatic carbocycles. The van der Waals surface area contributed by atoms with Crippen molar-refractivity contribution in [1.29, 1.82) is 0 Å². The lowest BCUT2D eigenvalue weighted by molar-refractivity contribution is -0.385. The zero-order valence-corrected chi connectivity index (χ0v) is 11.2. The number of ether oxygens (including phenoxy) is 1. The Morgan fingerprint density at radius 3 is 2.74 bits per heavy atom. The van der Waals surface area contributed by atoms with Gasteiger partial charge in [0.1, 0.15) is 0 Å². The van der Waals surface area contributed by atoms with E-state index in [0.717, 1.165) is 31.2 Å². The van der Waals surface area contributed by atoms with Crippen molar-refractivity contribution in [2.75, 3.05) is 6.61 Å². The number of rotatable bonds is 5. The van der Waals surface area contributed by atoms with Gasteiger partial charge in [0.25, 0.3) is 5.69 Å². The number of nitro benzene ring substituents is 1. The second-order valence-corrected chi connectivity index (χ2v) is 5.38. The third kappa shape index (κ3) is 3.30. The van der Waals surface area contributed by atoms with Crippen molar-refractivity contribution < 1.29 is 9.66 Å². The number of nitrogens with two attached hydrogens (primary N) is 1. The van der Waals surface area contributed by atoms with Crippen molar-refractivity contribution in [3.05, 3.63) is 39.4 Å². The summed E-state index contributed by atoms with van der Waals surface area (Å²) in [5, 5.41) is 10.9. The fourth-order valence-corrected chi connectivity index (χ4v) is 2.61. The van der Waals surface area contributed by atoms with Crippen LogP contribution in [0.4, 0.5) is 5.69 Å². The molecule has 2 N–H and O–H groups in total. The Morgan fingerprint density at radius 2 is 2.11 bits per heavy atom. The molecule has 0 aliphatic heterocycles. The molecule has 1 aliphatic rings. The van der Waals surface area contributed by atoms with Crippen LogP contribution in [0.15, 0.2) is 18.2 Å². The first-order chi connectivity index (χ1) is 9.02. The van der Waals surface area contributed by atoms with Gasteiger partial charge in [0.2, 0.25) is 0 Å². The first-order valence-corrected chi connectivity index (χ1v) is 6.61. The number of nitro groups is 1. The van der Waals surface area contributed by atoms with Gasteiger partial charge in [-0.2, -0.15) is 0 Å². The fraction of sp³-hybridized carbons (Fsp3) is 0.571. The first-order valence-electron chi connectivity index (χ1n) is 6.61. The van der Waals surface area contributed by atoms with E-state index in [-0.39, 0.29) is 16.1 Å². The van der Waals surface area contributed by atoms with E-state index < -0.39 is 0 Å². The molecule has 5 nitrogen and oxygen atoms in total. The molecule has 0 bridgehead atoms. The number of hydrogen-bond acceptors (Lipinski definition) is 4. The van der Waals surface area contributed by atoms with Gasteiger partial charge in [0, 0.05) is 17.2 Å². The Morgan fingerprint density at radius 1 is 1.42 bits per heavy atom. The molecule has 1 saturated carbocycles. The second kappa shape index (κ2) is 5.67. The molecule has 1 aromatic rings. The third-order valence-electron chi connectivity index (χ3n) is 3.86. The van der Waals surface area contributed by atoms with E-state index in [9.17, 15) is 10.1 Å². The molecule has 0 aromatic heterocycles. The summed E-state index contributed by atoms with van der Waals surface area (Å²) in [4.78, 5) is 10.5. The number of hydrogen-bond donors (Lipinski definition) is 1. The maximum atomic E-state index is 10.9. The van der Waals surface area contributed by atoms with Crippen LogP contribution >= 0.6 is 0 Å². The van der Waals surface area contributed by atoms with Gasteiger partial charge in [-0.25, -0.2) is 0 Å². The summed E-state index contributed by atoms with van der Waals surface area (Å²) in [6, 6.07) is 5.07. The summed E-state index contributed by atoms with van der Waals surface area (Å²) < 4.78 is 5.67. The molecular weight excluding hydrogens is 244 g/mol. The van der Waals surface area contributed by atoms with Crippen LogP contribution < -0.4 is 5.73 Å². The molecule has 1 fully saturated rings. The van der Waals surface area contributed by atoms with Crippen molar-refractivity contribution in [3.8, 4) is 0 Å². The molecule has 2 rings (SSSR count). The van der Waals surface area contributed by atoms with Gasteiger partial charge in [0.05, 0.1) is 18.1 Å². The Hall–Kier alpha value is -1.46. The van der Waals surface area contributed by atoms with Crippen LogP contribution in [0, 0.1) is 17.0 Å². The molecule has 19 heavy (non-hydrogen) atoms. The normalized spacial score (nSPS) is 17.6. The Kier molecular flexibility index (Phi) is 4.17. The van der Waals surface area contributed by atoms with Crippen molar-refractivity contribution in [1.82, 2.24) is 0 Å². The Labute approximate surface area is 112 Å². The Balaban J connectivity index is 1.96. The monoisotopic (exact) mass is 264 g/mol. The fourth-order valence-electron chi connectivity index (χ4n) is 2.61. The maximum Gasteiger partial charge on any atom is 0.272 e. The predicted octanol–water partition coefficient (Wildman–Crippen LogP) is 2.69. The quantitative estimate of drug-likeness (QED) is 0.655. The highest BCUT2D eigenvalue weighted by atomic mass is 16.6. The van der Waals surface area contributed by atoms with Gasteiger partial charge in [0.15, 0.2) is 0 Å². The van der Waals surface area contributed by atoms with E-state index in [1.807, 2.05) is 6.07 Å². The maximum absolute atomic E-state index is 10.9. The van der Waals surface area contributed by atoms with Crippen molar-refractivity contribution in [2.24, 2.45) is 5.73 Å². The zero-order chi connectivity index (χ0) is 13.9. The average molecular weight is 264 g/mol. The van der Waals surface area contributed by atoms with Crippen LogP contribution in [-0.2, 0) is 11.3 Å². The predicted molar refractivity (Wildman–Crippen MR) is 72.9 cm³/mol. The lowest BCUT2D eigenvalue weighted by Gasteiger charge is -2.23. The summed E-state index contributed by atoms with van der Waals surface area (Å²) in [7, 11) is 0. The lowest BCUT2D eigenvalue weighted by atomic mass is 10.0. The van der Waals surface area contributed by atoms with Gasteiger partial charge < -0.3 is 10.5 Å². The molecule has 104 valence electrons. The summed E-state index contributed by atoms with van der Waals surface area (Å²) in [6.07, 6.45) is 4.33. The minimum atomic E-state index is -0.361. The number of benzene rings is 1. The number of nitrogens with zero attached hydrogens (tertiary/aromatic N) is 1. The summed E-state index contributed by atoms with van der Waals surface area (Å²) in [5.74, 6) is 0. The van der Waals surface area contributed by atoms with Gasteiger partial charge in [-0.1, -0.05) is 25.0 Å². The van der Waals surface area contributed by atoms with Crippen molar-refractivity contribution in [2.45, 2.75) is 44.8 Å². The molecule has 5 heteroatoms. The van der Waals surface area contributed by atoms with Gasteiger partial charge in [-0.3, -0.25) is 10.1 Å². The SMILES string of the molecule is Cc1c(COCC2(N)CCCC2)cccc1[N+](=O)[O-]. The molecule has 1 aliphatic carbocycles. The van der Waals surface area contributed by atoms with E-state index in [2.05, 4.69) is 0 Å². The van der Waals surface area contributed by atoms with E-state index in [1.54, 1.807) is 13.0 Å². The smallest absolute Gasteiger partial charge is 0.272 e. The van der Waals surface area contributed by atoms with Gasteiger partial charge in [-0.15, -0.1) is 0 Å². The van der Waals surface area contributed by atoms with Crippen LogP contribution in [0.1, 0.15) is 36.8 Å². The topological polar surface area (TPSA) is 78.4 Å². The summed E-state index contributed by atoms with van der Waals surface area (Å²) in [6.45, 7) is 2.66. The van der Waals surface area contributed by atoms with Gasteiger partial charge >= 0.3 is 0 Å². The van der Waals surface area contributed by atoms with Gasteiger partial charge in [-0.05, 0) is 25.3 Å². The minimum absolute atomic E-state index is 0.143. The van der Waals surface area contributed by atoms with Crippen molar-refractivity contribution in [3.63, 3.8) is 0 Å². The second-order valence-electron chi connectivity index (χ2n) is 5.38. The molecule has 0 radical (unpaired) electrons. The molecular formula is C14H20N2O3. The average Bonchev–Trinajstić information content (AvgIpc) is 2.78.